The quantitative estimate of drug-likeness (QED) is 0.402. The summed E-state index contributed by atoms with van der Waals surface area (Å²) in [6.45, 7) is 0.499. The van der Waals surface area contributed by atoms with E-state index in [-0.39, 0.29) is 11.7 Å². The zero-order valence-electron chi connectivity index (χ0n) is 17.0. The van der Waals surface area contributed by atoms with E-state index in [4.69, 9.17) is 5.73 Å². The van der Waals surface area contributed by atoms with Gasteiger partial charge in [0.25, 0.3) is 0 Å². The molecule has 2 aromatic carbocycles. The van der Waals surface area contributed by atoms with Crippen LogP contribution in [0.5, 0.6) is 0 Å². The van der Waals surface area contributed by atoms with Gasteiger partial charge in [-0.3, -0.25) is 9.48 Å². The molecule has 0 radical (unpaired) electrons. The summed E-state index contributed by atoms with van der Waals surface area (Å²) in [7, 11) is 1.94. The molecular formula is C25H25N3OS. The third kappa shape index (κ3) is 4.42. The molecule has 2 aromatic heterocycles. The molecule has 4 nitrogen and oxygen atoms in total. The molecule has 30 heavy (non-hydrogen) atoms. The van der Waals surface area contributed by atoms with Gasteiger partial charge in [0.15, 0.2) is 5.78 Å². The highest BCUT2D eigenvalue weighted by atomic mass is 32.1. The maximum Gasteiger partial charge on any atom is 0.173 e. The molecule has 0 spiro atoms. The fraction of sp³-hybridized carbons (Fsp3) is 0.200. The van der Waals surface area contributed by atoms with Crippen molar-refractivity contribution in [1.29, 1.82) is 0 Å². The van der Waals surface area contributed by atoms with E-state index in [1.54, 1.807) is 0 Å². The van der Waals surface area contributed by atoms with Crippen LogP contribution in [0, 0.1) is 5.92 Å². The minimum atomic E-state index is 0.141. The summed E-state index contributed by atoms with van der Waals surface area (Å²) in [4.78, 5) is 13.7. The van der Waals surface area contributed by atoms with Crippen molar-refractivity contribution in [2.75, 3.05) is 6.54 Å². The smallest absolute Gasteiger partial charge is 0.173 e. The van der Waals surface area contributed by atoms with Crippen LogP contribution in [0.2, 0.25) is 0 Å². The molecule has 2 heterocycles. The van der Waals surface area contributed by atoms with Crippen molar-refractivity contribution >= 4 is 17.1 Å². The lowest BCUT2D eigenvalue weighted by molar-refractivity contribution is 0.0966. The minimum absolute atomic E-state index is 0.141. The number of nitrogens with zero attached hydrogens (tertiary/aromatic N) is 2. The standard InChI is InChI=1S/C25H25N3OS/c1-28-25(22(16-27-28)20-10-6-3-7-11-20)21-14-24(30-17-21)23(29)13-19(15-26)12-18-8-4-2-5-9-18/h2-11,14,16-17,19H,12-13,15,26H2,1H3. The molecular weight excluding hydrogens is 390 g/mol. The van der Waals surface area contributed by atoms with E-state index in [1.807, 2.05) is 65.8 Å². The molecule has 0 saturated carbocycles. The Bertz CT molecular complexity index is 1120. The predicted octanol–water partition coefficient (Wildman–Crippen LogP) is 5.21. The van der Waals surface area contributed by atoms with Crippen LogP contribution in [-0.4, -0.2) is 22.1 Å². The zero-order valence-corrected chi connectivity index (χ0v) is 17.8. The number of hydrogen-bond donors (Lipinski definition) is 1. The summed E-state index contributed by atoms with van der Waals surface area (Å²) in [5.41, 5.74) is 11.4. The van der Waals surface area contributed by atoms with Crippen LogP contribution in [0.4, 0.5) is 0 Å². The fourth-order valence-electron chi connectivity index (χ4n) is 3.76. The van der Waals surface area contributed by atoms with Crippen LogP contribution in [0.1, 0.15) is 21.7 Å². The Morgan fingerprint density at radius 1 is 1.07 bits per heavy atom. The van der Waals surface area contributed by atoms with Crippen LogP contribution in [-0.2, 0) is 13.5 Å². The Morgan fingerprint density at radius 2 is 1.77 bits per heavy atom. The first kappa shape index (κ1) is 20.3. The number of rotatable bonds is 8. The second-order valence-electron chi connectivity index (χ2n) is 7.51. The van der Waals surface area contributed by atoms with Gasteiger partial charge in [0.05, 0.1) is 16.8 Å². The Labute approximate surface area is 181 Å². The van der Waals surface area contributed by atoms with E-state index in [0.29, 0.717) is 13.0 Å². The van der Waals surface area contributed by atoms with Crippen molar-refractivity contribution in [2.24, 2.45) is 18.7 Å². The average molecular weight is 416 g/mol. The summed E-state index contributed by atoms with van der Waals surface area (Å²) in [6.07, 6.45) is 3.16. The summed E-state index contributed by atoms with van der Waals surface area (Å²) in [6, 6.07) is 22.4. The first-order chi connectivity index (χ1) is 14.7. The van der Waals surface area contributed by atoms with Gasteiger partial charge < -0.3 is 5.73 Å². The van der Waals surface area contributed by atoms with Gasteiger partial charge in [0.1, 0.15) is 0 Å². The number of nitrogens with two attached hydrogens (primary N) is 1. The molecule has 0 bridgehead atoms. The number of benzene rings is 2. The number of carbonyl (C=O) groups is 1. The van der Waals surface area contributed by atoms with Gasteiger partial charge in [0.2, 0.25) is 0 Å². The normalized spacial score (nSPS) is 12.1. The highest BCUT2D eigenvalue weighted by molar-refractivity contribution is 7.12. The van der Waals surface area contributed by atoms with Crippen molar-refractivity contribution in [3.05, 3.63) is 88.7 Å². The molecule has 0 saturated heterocycles. The Kier molecular flexibility index (Phi) is 6.21. The van der Waals surface area contributed by atoms with Crippen LogP contribution >= 0.6 is 11.3 Å². The lowest BCUT2D eigenvalue weighted by atomic mass is 9.94. The SMILES string of the molecule is Cn1ncc(-c2ccccc2)c1-c1csc(C(=O)CC(CN)Cc2ccccc2)c1. The van der Waals surface area contributed by atoms with Crippen LogP contribution < -0.4 is 5.73 Å². The van der Waals surface area contributed by atoms with E-state index >= 15 is 0 Å². The van der Waals surface area contributed by atoms with Crippen LogP contribution in [0.25, 0.3) is 22.4 Å². The molecule has 2 N–H and O–H groups in total. The van der Waals surface area contributed by atoms with Gasteiger partial charge in [0, 0.05) is 30.0 Å². The van der Waals surface area contributed by atoms with Crippen LogP contribution in [0.15, 0.2) is 78.3 Å². The second kappa shape index (κ2) is 9.20. The fourth-order valence-corrected chi connectivity index (χ4v) is 4.61. The van der Waals surface area contributed by atoms with Gasteiger partial charge in [-0.15, -0.1) is 11.3 Å². The van der Waals surface area contributed by atoms with Crippen molar-refractivity contribution in [3.63, 3.8) is 0 Å². The summed E-state index contributed by atoms with van der Waals surface area (Å²) < 4.78 is 1.87. The highest BCUT2D eigenvalue weighted by Gasteiger charge is 2.19. The molecule has 0 fully saturated rings. The maximum atomic E-state index is 13.0. The maximum absolute atomic E-state index is 13.0. The first-order valence-corrected chi connectivity index (χ1v) is 11.0. The third-order valence-electron chi connectivity index (χ3n) is 5.35. The number of thiophene rings is 1. The molecule has 4 rings (SSSR count). The lowest BCUT2D eigenvalue weighted by Crippen LogP contribution is -2.20. The lowest BCUT2D eigenvalue weighted by Gasteiger charge is -2.13. The van der Waals surface area contributed by atoms with Crippen molar-refractivity contribution < 1.29 is 4.79 Å². The van der Waals surface area contributed by atoms with Gasteiger partial charge in [-0.2, -0.15) is 5.10 Å². The number of hydrogen-bond acceptors (Lipinski definition) is 4. The van der Waals surface area contributed by atoms with Crippen molar-refractivity contribution in [3.8, 4) is 22.4 Å². The molecule has 152 valence electrons. The van der Waals surface area contributed by atoms with Gasteiger partial charge >= 0.3 is 0 Å². The molecule has 1 unspecified atom stereocenters. The molecule has 0 aliphatic rings. The van der Waals surface area contributed by atoms with Crippen LogP contribution in [0.3, 0.4) is 0 Å². The van der Waals surface area contributed by atoms with Gasteiger partial charge in [-0.1, -0.05) is 60.7 Å². The Balaban J connectivity index is 1.53. The van der Waals surface area contributed by atoms with Crippen molar-refractivity contribution in [1.82, 2.24) is 9.78 Å². The molecule has 0 amide bonds. The molecule has 4 aromatic rings. The van der Waals surface area contributed by atoms with E-state index in [9.17, 15) is 4.79 Å². The third-order valence-corrected chi connectivity index (χ3v) is 6.32. The average Bonchev–Trinajstić information content (AvgIpc) is 3.41. The summed E-state index contributed by atoms with van der Waals surface area (Å²) in [5.74, 6) is 0.295. The number of aryl methyl sites for hydroxylation is 1. The molecule has 1 atom stereocenters. The van der Waals surface area contributed by atoms with E-state index in [2.05, 4.69) is 29.4 Å². The largest absolute Gasteiger partial charge is 0.330 e. The monoisotopic (exact) mass is 415 g/mol. The second-order valence-corrected chi connectivity index (χ2v) is 8.43. The number of aromatic nitrogens is 2. The summed E-state index contributed by atoms with van der Waals surface area (Å²) >= 11 is 1.50. The zero-order chi connectivity index (χ0) is 20.9. The van der Waals surface area contributed by atoms with E-state index in [0.717, 1.165) is 33.7 Å². The first-order valence-electron chi connectivity index (χ1n) is 10.1. The van der Waals surface area contributed by atoms with Gasteiger partial charge in [-0.25, -0.2) is 0 Å². The molecule has 0 aliphatic heterocycles. The van der Waals surface area contributed by atoms with E-state index < -0.39 is 0 Å². The number of ketones is 1. The van der Waals surface area contributed by atoms with Gasteiger partial charge in [-0.05, 0) is 36.1 Å². The van der Waals surface area contributed by atoms with E-state index in [1.165, 1.54) is 16.9 Å². The Hall–Kier alpha value is -3.02. The predicted molar refractivity (Wildman–Crippen MR) is 124 cm³/mol. The van der Waals surface area contributed by atoms with Crippen molar-refractivity contribution in [2.45, 2.75) is 12.8 Å². The topological polar surface area (TPSA) is 60.9 Å². The molecule has 5 heteroatoms. The summed E-state index contributed by atoms with van der Waals surface area (Å²) in [5, 5.41) is 6.50. The molecule has 0 aliphatic carbocycles. The minimum Gasteiger partial charge on any atom is -0.330 e. The number of Topliss-reactive ketones (excluding diaryl/α,β-unsaturated/α-hetero) is 1. The number of carbonyl (C=O) groups excluding carboxylic acids is 1. The highest BCUT2D eigenvalue weighted by Crippen LogP contribution is 2.34. The Morgan fingerprint density at radius 3 is 2.47 bits per heavy atom.